The van der Waals surface area contributed by atoms with Crippen LogP contribution >= 0.6 is 0 Å². The van der Waals surface area contributed by atoms with Crippen LogP contribution in [0.5, 0.6) is 0 Å². The van der Waals surface area contributed by atoms with E-state index in [4.69, 9.17) is 5.73 Å². The maximum Gasteiger partial charge on any atom is 0.0375 e. The average Bonchev–Trinajstić information content (AvgIpc) is 1.27. The Morgan fingerprint density at radius 1 is 1.42 bits per heavy atom. The van der Waals surface area contributed by atoms with Crippen molar-refractivity contribution in [2.24, 2.45) is 0 Å². The van der Waals surface area contributed by atoms with Crippen LogP contribution < -0.4 is 5.11 Å². The number of nitrogens with one attached hydrogen (secondary N) is 1. The van der Waals surface area contributed by atoms with Gasteiger partial charge < -0.3 is 44.8 Å². The quantitative estimate of drug-likeness (QED) is 0.622. The van der Waals surface area contributed by atoms with Crippen LogP contribution in [0, 0.1) is 29.2 Å². The number of carboxylic acid groups (broad SMARTS) is 1. The van der Waals surface area contributed by atoms with Crippen molar-refractivity contribution in [3.8, 4) is 0 Å². The second-order valence-corrected chi connectivity index (χ2v) is 1.27. The minimum absolute atomic E-state index is 0. The molecular formula is C7H15NO2WY-6. The van der Waals surface area contributed by atoms with Crippen molar-refractivity contribution in [1.29, 1.82) is 0 Å². The second kappa shape index (κ2) is 22.8. The van der Waals surface area contributed by atoms with E-state index in [1.54, 1.807) is 0 Å². The van der Waals surface area contributed by atoms with E-state index in [1.807, 2.05) is 0 Å². The van der Waals surface area contributed by atoms with E-state index < -0.39 is 12.0 Å². The summed E-state index contributed by atoms with van der Waals surface area (Å²) in [5.74, 6) is -1.21. The van der Waals surface area contributed by atoms with Gasteiger partial charge in [-0.1, -0.05) is 6.42 Å². The molecule has 0 aliphatic rings. The summed E-state index contributed by atoms with van der Waals surface area (Å²) in [7, 11) is 0. The molecule has 0 aromatic carbocycles. The molecule has 0 amide bonds. The predicted octanol–water partition coefficient (Wildman–Crippen LogP) is 0.727. The summed E-state index contributed by atoms with van der Waals surface area (Å²) in [6, 6.07) is -0.787. The van der Waals surface area contributed by atoms with Gasteiger partial charge in [0, 0.05) is 59.7 Å². The third-order valence-electron chi connectivity index (χ3n) is 0.413. The largest absolute Gasteiger partial charge is 0.701 e. The number of carbonyl (C=O) groups is 1. The summed E-state index contributed by atoms with van der Waals surface area (Å²) in [5, 5.41) is 9.54. The topological polar surface area (TPSA) is 63.9 Å². The number of rotatable bonds is 2. The van der Waals surface area contributed by atoms with Crippen LogP contribution in [0.15, 0.2) is 0 Å². The number of aliphatic carboxylic acids is 1. The van der Waals surface area contributed by atoms with Gasteiger partial charge in [-0.05, 0) is 0 Å². The van der Waals surface area contributed by atoms with Gasteiger partial charge in [0.1, 0.15) is 0 Å². The van der Waals surface area contributed by atoms with Gasteiger partial charge in [-0.15, -0.1) is 0 Å². The maximum atomic E-state index is 9.54. The Bertz CT molecular complexity index is 81.8. The van der Waals surface area contributed by atoms with Crippen molar-refractivity contribution in [1.82, 2.24) is 0 Å². The molecule has 0 heterocycles. The van der Waals surface area contributed by atoms with E-state index in [1.165, 1.54) is 0 Å². The van der Waals surface area contributed by atoms with Crippen LogP contribution in [0.4, 0.5) is 0 Å². The Kier molecular flexibility index (Phi) is 71.8. The van der Waals surface area contributed by atoms with E-state index in [2.05, 4.69) is 6.92 Å². The molecule has 0 spiro atoms. The molecule has 0 saturated carbocycles. The molecular weight excluding hydrogens is 403 g/mol. The molecule has 0 aliphatic heterocycles. The Balaban J connectivity index is -0.0000000180. The minimum atomic E-state index is -1.21. The van der Waals surface area contributed by atoms with Crippen LogP contribution in [0.25, 0.3) is 5.73 Å². The van der Waals surface area contributed by atoms with Crippen LogP contribution in [-0.4, -0.2) is 12.0 Å². The molecule has 5 heteroatoms. The van der Waals surface area contributed by atoms with Crippen LogP contribution in [-0.2, 0) is 58.6 Å². The fourth-order valence-electron chi connectivity index (χ4n) is 0.201. The average molecular weight is 418 g/mol. The first kappa shape index (κ1) is 37.9. The smallest absolute Gasteiger partial charge is 0.0375 e. The number of carbonyl (C=O) groups excluding carboxylic acids is 1. The van der Waals surface area contributed by atoms with Gasteiger partial charge in [0.05, 0.1) is 0 Å². The van der Waals surface area contributed by atoms with Gasteiger partial charge in [-0.25, -0.2) is 0 Å². The molecule has 0 fully saturated rings. The summed E-state index contributed by atoms with van der Waals surface area (Å²) < 4.78 is 0. The number of carboxylic acids is 1. The van der Waals surface area contributed by atoms with Crippen molar-refractivity contribution in [2.75, 3.05) is 0 Å². The molecule has 0 bridgehead atoms. The zero-order chi connectivity index (χ0) is 5.86. The Morgan fingerprint density at radius 2 is 1.67 bits per heavy atom. The third kappa shape index (κ3) is 43.0. The molecule has 0 aromatic heterocycles. The number of hydrogen-bond acceptors (Lipinski definition) is 2. The van der Waals surface area contributed by atoms with Crippen LogP contribution in [0.3, 0.4) is 0 Å². The van der Waals surface area contributed by atoms with Gasteiger partial charge in [-0.2, -0.15) is 0 Å². The molecule has 3 nitrogen and oxygen atoms in total. The van der Waals surface area contributed by atoms with E-state index in [-0.39, 0.29) is 82.5 Å². The fraction of sp³-hybridized carbons (Fsp3) is 0.286. The summed E-state index contributed by atoms with van der Waals surface area (Å²) in [6.45, 7) is 3.12. The molecule has 1 radical (unpaired) electrons. The molecule has 1 atom stereocenters. The maximum absolute atomic E-state index is 9.54. The van der Waals surface area contributed by atoms with Gasteiger partial charge in [0.15, 0.2) is 0 Å². The van der Waals surface area contributed by atoms with Crippen molar-refractivity contribution in [3.05, 3.63) is 34.9 Å². The molecule has 0 aliphatic carbocycles. The van der Waals surface area contributed by atoms with E-state index in [0.29, 0.717) is 0 Å². The number of hydrogen-bond donors (Lipinski definition) is 0. The van der Waals surface area contributed by atoms with Crippen molar-refractivity contribution in [3.63, 3.8) is 0 Å². The Morgan fingerprint density at radius 3 is 1.67 bits per heavy atom. The van der Waals surface area contributed by atoms with Gasteiger partial charge >= 0.3 is 0 Å². The first-order valence-corrected chi connectivity index (χ1v) is 1.87. The van der Waals surface area contributed by atoms with Crippen LogP contribution in [0.2, 0.25) is 0 Å². The molecule has 1 unspecified atom stereocenters. The van der Waals surface area contributed by atoms with Crippen LogP contribution in [0.1, 0.15) is 6.42 Å². The summed E-state index contributed by atoms with van der Waals surface area (Å²) in [5.41, 5.74) is 6.58. The molecule has 12 heavy (non-hydrogen) atoms. The van der Waals surface area contributed by atoms with Crippen molar-refractivity contribution >= 4 is 5.97 Å². The fourth-order valence-corrected chi connectivity index (χ4v) is 0.201. The Hall–Kier alpha value is 1.22. The van der Waals surface area contributed by atoms with Gasteiger partial charge in [-0.3, -0.25) is 6.04 Å². The molecule has 0 saturated heterocycles. The van der Waals surface area contributed by atoms with Gasteiger partial charge in [0.2, 0.25) is 0 Å². The zero-order valence-corrected chi connectivity index (χ0v) is 13.6. The normalized spacial score (nSPS) is 7.83. The molecule has 1 N–H and O–H groups in total. The predicted molar refractivity (Wildman–Crippen MR) is 42.3 cm³/mol. The summed E-state index contributed by atoms with van der Waals surface area (Å²) >= 11 is 0. The molecule has 0 aromatic rings. The molecule has 75 valence electrons. The standard InChI is InChI=1S/C4H7NO2.3CH3.W.Y/c1-3(5)2-4(6)7;;;;;/h3,5H,1-2H2,(H,6,7);3*1H3;;/q-2;3*-1;;/p-1. The minimum Gasteiger partial charge on any atom is -0.701 e. The van der Waals surface area contributed by atoms with E-state index >= 15 is 0 Å². The summed E-state index contributed by atoms with van der Waals surface area (Å²) in [6.07, 6.45) is -0.278. The zero-order valence-electron chi connectivity index (χ0n) is 7.79. The van der Waals surface area contributed by atoms with Gasteiger partial charge in [0.25, 0.3) is 0 Å². The van der Waals surface area contributed by atoms with E-state index in [0.717, 1.165) is 0 Å². The second-order valence-electron chi connectivity index (χ2n) is 1.27. The Labute approximate surface area is 116 Å². The summed E-state index contributed by atoms with van der Waals surface area (Å²) in [4.78, 5) is 9.54. The third-order valence-corrected chi connectivity index (χ3v) is 0.413. The van der Waals surface area contributed by atoms with E-state index in [9.17, 15) is 9.90 Å². The van der Waals surface area contributed by atoms with Crippen molar-refractivity contribution in [2.45, 2.75) is 12.5 Å². The monoisotopic (exact) mass is 418 g/mol. The first-order valence-electron chi connectivity index (χ1n) is 1.87. The first-order chi connectivity index (χ1) is 3.13. The molecule has 0 rings (SSSR count). The van der Waals surface area contributed by atoms with Crippen molar-refractivity contribution < 1.29 is 63.7 Å². The SMILES string of the molecule is [CH2-]C([NH-])CC(=O)[O-].[CH3-].[CH3-].[CH3-].[W].[Y].